The fourth-order valence-electron chi connectivity index (χ4n) is 8.48. The molecule has 0 heteroatoms. The quantitative estimate of drug-likeness (QED) is 0.472. The Morgan fingerprint density at radius 1 is 0.885 bits per heavy atom. The third-order valence-corrected chi connectivity index (χ3v) is 10.5. The zero-order valence-corrected chi connectivity index (χ0v) is 19.1. The lowest BCUT2D eigenvalue weighted by atomic mass is 9.43. The fraction of sp³-hybridized carbons (Fsp3) is 1.00. The second-order valence-electron chi connectivity index (χ2n) is 11.5. The highest BCUT2D eigenvalue weighted by molar-refractivity contribution is 5.05. The summed E-state index contributed by atoms with van der Waals surface area (Å²) in [4.78, 5) is 0. The van der Waals surface area contributed by atoms with Crippen LogP contribution >= 0.6 is 0 Å². The van der Waals surface area contributed by atoms with Crippen LogP contribution in [-0.2, 0) is 0 Å². The molecule has 0 aromatic rings. The highest BCUT2D eigenvalue weighted by atomic mass is 14.6. The van der Waals surface area contributed by atoms with E-state index in [0.29, 0.717) is 10.8 Å². The second-order valence-corrected chi connectivity index (χ2v) is 11.5. The lowest BCUT2D eigenvalue weighted by Crippen LogP contribution is -2.54. The molecule has 0 bridgehead atoms. The van der Waals surface area contributed by atoms with E-state index in [1.54, 1.807) is 0 Å². The lowest BCUT2D eigenvalue weighted by molar-refractivity contribution is -0.125. The molecular weight excluding hydrogens is 312 g/mol. The molecule has 3 rings (SSSR count). The van der Waals surface area contributed by atoms with Gasteiger partial charge in [-0.2, -0.15) is 0 Å². The van der Waals surface area contributed by atoms with Gasteiger partial charge in [-0.25, -0.2) is 0 Å². The van der Waals surface area contributed by atoms with Crippen molar-refractivity contribution in [2.45, 2.75) is 113 Å². The molecule has 9 atom stereocenters. The van der Waals surface area contributed by atoms with Crippen LogP contribution in [0.25, 0.3) is 0 Å². The maximum absolute atomic E-state index is 2.72. The summed E-state index contributed by atoms with van der Waals surface area (Å²) in [5.74, 6) is 6.76. The van der Waals surface area contributed by atoms with Gasteiger partial charge in [-0.3, -0.25) is 0 Å². The number of fused-ring (bicyclic) bond motifs is 1. The van der Waals surface area contributed by atoms with E-state index in [-0.39, 0.29) is 0 Å². The van der Waals surface area contributed by atoms with Crippen molar-refractivity contribution >= 4 is 0 Å². The van der Waals surface area contributed by atoms with Crippen molar-refractivity contribution in [2.24, 2.45) is 52.3 Å². The Bertz CT molecular complexity index is 467. The molecule has 0 N–H and O–H groups in total. The van der Waals surface area contributed by atoms with Crippen molar-refractivity contribution < 1.29 is 0 Å². The normalized spacial score (nSPS) is 50.9. The Kier molecular flexibility index (Phi) is 6.21. The van der Waals surface area contributed by atoms with E-state index in [4.69, 9.17) is 0 Å². The Morgan fingerprint density at radius 2 is 1.54 bits per heavy atom. The SMILES string of the molecule is CCC1C([C@@]2(C)CC[C@H](C)CC2C)CC[C@@]2(C)C1CCCC2[C@@H](C)CC. The average Bonchev–Trinajstić information content (AvgIpc) is 2.62. The van der Waals surface area contributed by atoms with Crippen molar-refractivity contribution in [3.63, 3.8) is 0 Å². The van der Waals surface area contributed by atoms with Crippen LogP contribution in [0.2, 0.25) is 0 Å². The first-order valence-corrected chi connectivity index (χ1v) is 12.3. The maximum atomic E-state index is 2.72. The van der Waals surface area contributed by atoms with Crippen LogP contribution in [-0.4, -0.2) is 0 Å². The monoisotopic (exact) mass is 360 g/mol. The minimum atomic E-state index is 0.609. The van der Waals surface area contributed by atoms with Gasteiger partial charge in [0.15, 0.2) is 0 Å². The first kappa shape index (κ1) is 20.7. The van der Waals surface area contributed by atoms with E-state index < -0.39 is 0 Å². The Morgan fingerprint density at radius 3 is 2.15 bits per heavy atom. The predicted molar refractivity (Wildman–Crippen MR) is 115 cm³/mol. The van der Waals surface area contributed by atoms with Gasteiger partial charge in [0.05, 0.1) is 0 Å². The molecule has 0 spiro atoms. The van der Waals surface area contributed by atoms with Crippen LogP contribution in [0.3, 0.4) is 0 Å². The molecule has 0 amide bonds. The Balaban J connectivity index is 1.87. The topological polar surface area (TPSA) is 0 Å². The van der Waals surface area contributed by atoms with Crippen molar-refractivity contribution in [1.82, 2.24) is 0 Å². The first-order valence-electron chi connectivity index (χ1n) is 12.3. The van der Waals surface area contributed by atoms with Gasteiger partial charge >= 0.3 is 0 Å². The zero-order chi connectivity index (χ0) is 19.1. The molecule has 0 saturated heterocycles. The molecule has 3 fully saturated rings. The van der Waals surface area contributed by atoms with Gasteiger partial charge in [-0.1, -0.05) is 74.1 Å². The molecule has 0 aliphatic heterocycles. The van der Waals surface area contributed by atoms with Crippen molar-refractivity contribution in [1.29, 1.82) is 0 Å². The summed E-state index contributed by atoms with van der Waals surface area (Å²) >= 11 is 0. The lowest BCUT2D eigenvalue weighted by Gasteiger charge is -2.62. The van der Waals surface area contributed by atoms with E-state index >= 15 is 0 Å². The van der Waals surface area contributed by atoms with E-state index in [1.165, 1.54) is 64.2 Å². The molecule has 3 aliphatic carbocycles. The third-order valence-electron chi connectivity index (χ3n) is 10.5. The van der Waals surface area contributed by atoms with E-state index in [1.807, 2.05) is 0 Å². The van der Waals surface area contributed by atoms with Gasteiger partial charge in [0, 0.05) is 0 Å². The Labute approximate surface area is 165 Å². The summed E-state index contributed by atoms with van der Waals surface area (Å²) in [6.45, 7) is 18.0. The molecule has 0 heterocycles. The van der Waals surface area contributed by atoms with Crippen LogP contribution in [0.5, 0.6) is 0 Å². The summed E-state index contributed by atoms with van der Waals surface area (Å²) in [5.41, 5.74) is 1.24. The molecule has 0 aromatic carbocycles. The van der Waals surface area contributed by atoms with Gasteiger partial charge in [-0.15, -0.1) is 0 Å². The van der Waals surface area contributed by atoms with Crippen LogP contribution in [0.15, 0.2) is 0 Å². The Hall–Kier alpha value is 0. The number of hydrogen-bond donors (Lipinski definition) is 0. The second kappa shape index (κ2) is 7.79. The van der Waals surface area contributed by atoms with E-state index in [9.17, 15) is 0 Å². The molecule has 3 aliphatic rings. The highest BCUT2D eigenvalue weighted by Crippen LogP contribution is 2.64. The maximum Gasteiger partial charge on any atom is -0.0264 e. The molecular formula is C26H48. The zero-order valence-electron chi connectivity index (χ0n) is 19.1. The van der Waals surface area contributed by atoms with Crippen molar-refractivity contribution in [3.05, 3.63) is 0 Å². The van der Waals surface area contributed by atoms with Crippen LogP contribution in [0, 0.1) is 52.3 Å². The molecule has 0 radical (unpaired) electrons. The summed E-state index contributed by atoms with van der Waals surface area (Å²) in [5, 5.41) is 0. The van der Waals surface area contributed by atoms with Crippen molar-refractivity contribution in [3.8, 4) is 0 Å². The largest absolute Gasteiger partial charge is 0.0651 e. The van der Waals surface area contributed by atoms with Crippen LogP contribution < -0.4 is 0 Å². The molecule has 152 valence electrons. The smallest absolute Gasteiger partial charge is 0.0264 e. The molecule has 3 saturated carbocycles. The van der Waals surface area contributed by atoms with Crippen molar-refractivity contribution in [2.75, 3.05) is 0 Å². The summed E-state index contributed by atoms with van der Waals surface area (Å²) in [7, 11) is 0. The summed E-state index contributed by atoms with van der Waals surface area (Å²) < 4.78 is 0. The summed E-state index contributed by atoms with van der Waals surface area (Å²) in [6.07, 6.45) is 14.8. The third kappa shape index (κ3) is 3.30. The van der Waals surface area contributed by atoms with Gasteiger partial charge in [0.25, 0.3) is 0 Å². The summed E-state index contributed by atoms with van der Waals surface area (Å²) in [6, 6.07) is 0. The number of rotatable bonds is 4. The molecule has 26 heavy (non-hydrogen) atoms. The first-order chi connectivity index (χ1) is 12.3. The molecule has 0 nitrogen and oxygen atoms in total. The fourth-order valence-corrected chi connectivity index (χ4v) is 8.48. The minimum absolute atomic E-state index is 0.609. The standard InChI is InChI=1S/C26H48/c1-8-19(4)22-11-10-12-23-21(9-2)24(14-16-26(22,23)7)25(6)15-13-18(3)17-20(25)5/h18-24H,8-17H2,1-7H3/t18-,19-,20?,21?,22?,23?,24?,25-,26+/m0/s1. The highest BCUT2D eigenvalue weighted by Gasteiger charge is 2.56. The van der Waals surface area contributed by atoms with Gasteiger partial charge in [0.1, 0.15) is 0 Å². The number of hydrogen-bond acceptors (Lipinski definition) is 0. The molecule has 0 aromatic heterocycles. The predicted octanol–water partition coefficient (Wildman–Crippen LogP) is 8.35. The van der Waals surface area contributed by atoms with Gasteiger partial charge in [0.2, 0.25) is 0 Å². The van der Waals surface area contributed by atoms with Crippen LogP contribution in [0.4, 0.5) is 0 Å². The van der Waals surface area contributed by atoms with Gasteiger partial charge < -0.3 is 0 Å². The molecule has 5 unspecified atom stereocenters. The average molecular weight is 361 g/mol. The minimum Gasteiger partial charge on any atom is -0.0651 e. The van der Waals surface area contributed by atoms with E-state index in [0.717, 1.165) is 41.4 Å². The van der Waals surface area contributed by atoms with Crippen LogP contribution in [0.1, 0.15) is 113 Å². The van der Waals surface area contributed by atoms with E-state index in [2.05, 4.69) is 48.5 Å². The van der Waals surface area contributed by atoms with Gasteiger partial charge in [-0.05, 0) is 90.8 Å².